The van der Waals surface area contributed by atoms with Gasteiger partial charge >= 0.3 is 0 Å². The van der Waals surface area contributed by atoms with Crippen molar-refractivity contribution in [3.05, 3.63) is 18.2 Å². The van der Waals surface area contributed by atoms with Crippen molar-refractivity contribution in [3.8, 4) is 0 Å². The Labute approximate surface area is 72.4 Å². The van der Waals surface area contributed by atoms with Gasteiger partial charge < -0.3 is 10.7 Å². The summed E-state index contributed by atoms with van der Waals surface area (Å²) < 4.78 is 0. The summed E-state index contributed by atoms with van der Waals surface area (Å²) >= 11 is 0. The molecule has 1 aliphatic rings. The van der Waals surface area contributed by atoms with Crippen molar-refractivity contribution < 1.29 is 0 Å². The third-order valence-electron chi connectivity index (χ3n) is 2.72. The van der Waals surface area contributed by atoms with Gasteiger partial charge in [0.15, 0.2) is 0 Å². The van der Waals surface area contributed by atoms with Gasteiger partial charge in [-0.1, -0.05) is 19.3 Å². The largest absolute Gasteiger partial charge is 0.347 e. The molecule has 1 saturated carbocycles. The molecule has 0 atom stereocenters. The molecule has 66 valence electrons. The summed E-state index contributed by atoms with van der Waals surface area (Å²) in [5.74, 6) is 0.960. The smallest absolute Gasteiger partial charge is 0.126 e. The molecule has 1 heterocycles. The molecule has 0 bridgehead atoms. The molecule has 0 aliphatic heterocycles. The van der Waals surface area contributed by atoms with Crippen LogP contribution in [0.3, 0.4) is 0 Å². The topological polar surface area (TPSA) is 54.7 Å². The molecule has 1 aliphatic carbocycles. The van der Waals surface area contributed by atoms with E-state index in [4.69, 9.17) is 5.73 Å². The molecule has 3 heteroatoms. The zero-order chi connectivity index (χ0) is 8.44. The van der Waals surface area contributed by atoms with Crippen molar-refractivity contribution in [1.82, 2.24) is 9.97 Å². The fourth-order valence-electron chi connectivity index (χ4n) is 1.96. The standard InChI is InChI=1S/C9H15N3/c10-9(4-2-1-3-5-9)8-11-6-7-12-8/h6-7H,1-5,10H2,(H,11,12). The Morgan fingerprint density at radius 1 is 1.33 bits per heavy atom. The van der Waals surface area contributed by atoms with Crippen LogP contribution in [0.2, 0.25) is 0 Å². The minimum Gasteiger partial charge on any atom is -0.347 e. The maximum Gasteiger partial charge on any atom is 0.126 e. The number of rotatable bonds is 1. The fraction of sp³-hybridized carbons (Fsp3) is 0.667. The van der Waals surface area contributed by atoms with Crippen LogP contribution < -0.4 is 5.73 Å². The maximum absolute atomic E-state index is 6.23. The lowest BCUT2D eigenvalue weighted by atomic mass is 9.82. The number of nitrogens with one attached hydrogen (secondary N) is 1. The van der Waals surface area contributed by atoms with Crippen LogP contribution in [0.25, 0.3) is 0 Å². The molecule has 1 fully saturated rings. The maximum atomic E-state index is 6.23. The molecular weight excluding hydrogens is 150 g/mol. The van der Waals surface area contributed by atoms with Crippen LogP contribution in [0.4, 0.5) is 0 Å². The molecule has 1 aromatic heterocycles. The quantitative estimate of drug-likeness (QED) is 0.663. The first-order chi connectivity index (χ1) is 5.81. The van der Waals surface area contributed by atoms with Gasteiger partial charge in [-0.3, -0.25) is 0 Å². The van der Waals surface area contributed by atoms with Gasteiger partial charge in [0.1, 0.15) is 5.82 Å². The van der Waals surface area contributed by atoms with Gasteiger partial charge in [-0.05, 0) is 12.8 Å². The summed E-state index contributed by atoms with van der Waals surface area (Å²) in [5, 5.41) is 0. The number of aromatic amines is 1. The minimum atomic E-state index is -0.165. The molecule has 0 radical (unpaired) electrons. The average molecular weight is 165 g/mol. The third kappa shape index (κ3) is 1.25. The van der Waals surface area contributed by atoms with Gasteiger partial charge in [0.2, 0.25) is 0 Å². The van der Waals surface area contributed by atoms with E-state index >= 15 is 0 Å². The zero-order valence-corrected chi connectivity index (χ0v) is 7.21. The van der Waals surface area contributed by atoms with Crippen molar-refractivity contribution in [2.45, 2.75) is 37.6 Å². The molecule has 12 heavy (non-hydrogen) atoms. The number of nitrogens with zero attached hydrogens (tertiary/aromatic N) is 1. The Balaban J connectivity index is 2.19. The number of hydrogen-bond acceptors (Lipinski definition) is 2. The van der Waals surface area contributed by atoms with Crippen LogP contribution in [-0.4, -0.2) is 9.97 Å². The van der Waals surface area contributed by atoms with Crippen LogP contribution in [0.15, 0.2) is 12.4 Å². The van der Waals surface area contributed by atoms with Gasteiger partial charge in [0, 0.05) is 12.4 Å². The highest BCUT2D eigenvalue weighted by atomic mass is 15.0. The van der Waals surface area contributed by atoms with E-state index in [1.165, 1.54) is 19.3 Å². The van der Waals surface area contributed by atoms with E-state index in [1.807, 2.05) is 6.20 Å². The SMILES string of the molecule is NC1(c2ncc[nH]2)CCCCC1. The average Bonchev–Trinajstić information content (AvgIpc) is 2.58. The van der Waals surface area contributed by atoms with Crippen molar-refractivity contribution in [3.63, 3.8) is 0 Å². The number of hydrogen-bond donors (Lipinski definition) is 2. The Morgan fingerprint density at radius 2 is 2.08 bits per heavy atom. The molecule has 0 amide bonds. The Morgan fingerprint density at radius 3 is 2.67 bits per heavy atom. The highest BCUT2D eigenvalue weighted by Gasteiger charge is 2.31. The second-order valence-corrected chi connectivity index (χ2v) is 3.65. The van der Waals surface area contributed by atoms with E-state index in [2.05, 4.69) is 9.97 Å². The van der Waals surface area contributed by atoms with Gasteiger partial charge in [0.05, 0.1) is 5.54 Å². The highest BCUT2D eigenvalue weighted by molar-refractivity contribution is 5.06. The Hall–Kier alpha value is -0.830. The summed E-state index contributed by atoms with van der Waals surface area (Å²) in [6.07, 6.45) is 9.55. The summed E-state index contributed by atoms with van der Waals surface area (Å²) in [4.78, 5) is 7.34. The van der Waals surface area contributed by atoms with E-state index in [-0.39, 0.29) is 5.54 Å². The van der Waals surface area contributed by atoms with E-state index in [0.717, 1.165) is 18.7 Å². The number of imidazole rings is 1. The van der Waals surface area contributed by atoms with E-state index in [0.29, 0.717) is 0 Å². The molecule has 3 N–H and O–H groups in total. The summed E-state index contributed by atoms with van der Waals surface area (Å²) in [5.41, 5.74) is 6.07. The summed E-state index contributed by atoms with van der Waals surface area (Å²) in [7, 11) is 0. The number of nitrogens with two attached hydrogens (primary N) is 1. The lowest BCUT2D eigenvalue weighted by molar-refractivity contribution is 0.289. The molecule has 0 saturated heterocycles. The predicted molar refractivity (Wildman–Crippen MR) is 47.5 cm³/mol. The van der Waals surface area contributed by atoms with Crippen molar-refractivity contribution >= 4 is 0 Å². The van der Waals surface area contributed by atoms with Gasteiger partial charge in [-0.15, -0.1) is 0 Å². The third-order valence-corrected chi connectivity index (χ3v) is 2.72. The molecule has 0 unspecified atom stereocenters. The minimum absolute atomic E-state index is 0.165. The lowest BCUT2D eigenvalue weighted by Gasteiger charge is -2.31. The van der Waals surface area contributed by atoms with Gasteiger partial charge in [-0.2, -0.15) is 0 Å². The van der Waals surface area contributed by atoms with Crippen LogP contribution >= 0.6 is 0 Å². The normalized spacial score (nSPS) is 22.4. The van der Waals surface area contributed by atoms with Crippen LogP contribution in [0.5, 0.6) is 0 Å². The zero-order valence-electron chi connectivity index (χ0n) is 7.21. The Bertz CT molecular complexity index is 234. The molecule has 3 nitrogen and oxygen atoms in total. The monoisotopic (exact) mass is 165 g/mol. The first-order valence-electron chi connectivity index (χ1n) is 4.60. The predicted octanol–water partition coefficient (Wildman–Crippen LogP) is 1.53. The molecule has 2 rings (SSSR count). The second kappa shape index (κ2) is 2.90. The fourth-order valence-corrected chi connectivity index (χ4v) is 1.96. The first-order valence-corrected chi connectivity index (χ1v) is 4.60. The number of aromatic nitrogens is 2. The van der Waals surface area contributed by atoms with Gasteiger partial charge in [0.25, 0.3) is 0 Å². The van der Waals surface area contributed by atoms with Crippen LogP contribution in [0, 0.1) is 0 Å². The van der Waals surface area contributed by atoms with Crippen molar-refractivity contribution in [2.75, 3.05) is 0 Å². The van der Waals surface area contributed by atoms with Crippen molar-refractivity contribution in [1.29, 1.82) is 0 Å². The van der Waals surface area contributed by atoms with Gasteiger partial charge in [-0.25, -0.2) is 4.98 Å². The number of H-pyrrole nitrogens is 1. The highest BCUT2D eigenvalue weighted by Crippen LogP contribution is 2.32. The Kier molecular flexibility index (Phi) is 1.89. The second-order valence-electron chi connectivity index (χ2n) is 3.65. The molecule has 0 aromatic carbocycles. The van der Waals surface area contributed by atoms with Crippen molar-refractivity contribution in [2.24, 2.45) is 5.73 Å². The van der Waals surface area contributed by atoms with E-state index < -0.39 is 0 Å². The van der Waals surface area contributed by atoms with Crippen LogP contribution in [-0.2, 0) is 5.54 Å². The lowest BCUT2D eigenvalue weighted by Crippen LogP contribution is -2.39. The van der Waals surface area contributed by atoms with Crippen LogP contribution in [0.1, 0.15) is 37.9 Å². The first kappa shape index (κ1) is 7.80. The molecule has 1 aromatic rings. The van der Waals surface area contributed by atoms with E-state index in [9.17, 15) is 0 Å². The van der Waals surface area contributed by atoms with E-state index in [1.54, 1.807) is 6.20 Å². The summed E-state index contributed by atoms with van der Waals surface area (Å²) in [6.45, 7) is 0. The molecule has 0 spiro atoms. The molecular formula is C9H15N3. The summed E-state index contributed by atoms with van der Waals surface area (Å²) in [6, 6.07) is 0.